The predicted molar refractivity (Wildman–Crippen MR) is 86.2 cm³/mol. The van der Waals surface area contributed by atoms with Crippen LogP contribution < -0.4 is 10.6 Å². The van der Waals surface area contributed by atoms with Crippen LogP contribution in [0.2, 0.25) is 0 Å². The molecule has 1 rings (SSSR count). The summed E-state index contributed by atoms with van der Waals surface area (Å²) in [6.07, 6.45) is 1.11. The van der Waals surface area contributed by atoms with Crippen LogP contribution in [0.1, 0.15) is 18.9 Å². The number of rotatable bonds is 7. The maximum Gasteiger partial charge on any atom is 0.123 e. The molecule has 0 radical (unpaired) electrons. The molecule has 0 amide bonds. The van der Waals surface area contributed by atoms with Gasteiger partial charge in [0.25, 0.3) is 0 Å². The monoisotopic (exact) mass is 326 g/mol. The zero-order chi connectivity index (χ0) is 14.4. The van der Waals surface area contributed by atoms with Crippen LogP contribution in [-0.2, 0) is 0 Å². The van der Waals surface area contributed by atoms with Crippen molar-refractivity contribution in [2.24, 2.45) is 5.73 Å². The molecule has 3 N–H and O–H groups in total. The molecule has 0 saturated carbocycles. The third kappa shape index (κ3) is 4.84. The van der Waals surface area contributed by atoms with Gasteiger partial charge in [0, 0.05) is 35.4 Å². The number of likely N-dealkylation sites (N-methyl/N-ethyl adjacent to an activating group) is 1. The summed E-state index contributed by atoms with van der Waals surface area (Å²) in [6, 6.07) is 5.98. The summed E-state index contributed by atoms with van der Waals surface area (Å²) < 4.78 is 0.878. The third-order valence-corrected chi connectivity index (χ3v) is 3.57. The third-order valence-electron chi connectivity index (χ3n) is 2.92. The second-order valence-corrected chi connectivity index (χ2v) is 5.72. The van der Waals surface area contributed by atoms with Crippen LogP contribution in [0, 0.1) is 5.41 Å². The fraction of sp³-hybridized carbons (Fsp3) is 0.500. The van der Waals surface area contributed by atoms with Crippen LogP contribution in [-0.4, -0.2) is 44.5 Å². The van der Waals surface area contributed by atoms with E-state index in [1.54, 1.807) is 0 Å². The topological polar surface area (TPSA) is 56.4 Å². The van der Waals surface area contributed by atoms with Crippen molar-refractivity contribution in [3.8, 4) is 0 Å². The van der Waals surface area contributed by atoms with E-state index in [0.29, 0.717) is 0 Å². The molecule has 106 valence electrons. The molecular formula is C14H23BrN4. The smallest absolute Gasteiger partial charge is 0.123 e. The number of nitrogens with two attached hydrogens (primary N) is 1. The Balaban J connectivity index is 2.90. The molecule has 0 spiro atoms. The van der Waals surface area contributed by atoms with Crippen molar-refractivity contribution < 1.29 is 0 Å². The van der Waals surface area contributed by atoms with E-state index in [2.05, 4.69) is 46.7 Å². The van der Waals surface area contributed by atoms with E-state index in [-0.39, 0.29) is 5.84 Å². The SMILES string of the molecule is CCCN(CCN(C)C)c1ccc(C(=N)N)c(Br)c1. The molecule has 1 aromatic rings. The molecule has 5 heteroatoms. The number of benzene rings is 1. The lowest BCUT2D eigenvalue weighted by Crippen LogP contribution is -2.32. The average molecular weight is 327 g/mol. The first-order chi connectivity index (χ1) is 8.95. The molecule has 0 bridgehead atoms. The number of hydrogen-bond acceptors (Lipinski definition) is 3. The fourth-order valence-electron chi connectivity index (χ4n) is 1.88. The van der Waals surface area contributed by atoms with Crippen LogP contribution >= 0.6 is 15.9 Å². The van der Waals surface area contributed by atoms with Gasteiger partial charge >= 0.3 is 0 Å². The minimum atomic E-state index is 0.0914. The van der Waals surface area contributed by atoms with Crippen LogP contribution in [0.25, 0.3) is 0 Å². The van der Waals surface area contributed by atoms with Gasteiger partial charge in [-0.05, 0) is 54.6 Å². The molecular weight excluding hydrogens is 304 g/mol. The van der Waals surface area contributed by atoms with Crippen LogP contribution in [0.4, 0.5) is 5.69 Å². The van der Waals surface area contributed by atoms with Crippen molar-refractivity contribution in [2.75, 3.05) is 38.6 Å². The van der Waals surface area contributed by atoms with E-state index in [4.69, 9.17) is 11.1 Å². The normalized spacial score (nSPS) is 10.8. The van der Waals surface area contributed by atoms with E-state index in [9.17, 15) is 0 Å². The van der Waals surface area contributed by atoms with Crippen molar-refractivity contribution in [2.45, 2.75) is 13.3 Å². The molecule has 0 saturated heterocycles. The molecule has 1 aromatic carbocycles. The largest absolute Gasteiger partial charge is 0.384 e. The zero-order valence-corrected chi connectivity index (χ0v) is 13.5. The number of nitrogens with one attached hydrogen (secondary N) is 1. The van der Waals surface area contributed by atoms with Crippen molar-refractivity contribution >= 4 is 27.5 Å². The molecule has 0 fully saturated rings. The summed E-state index contributed by atoms with van der Waals surface area (Å²) in [6.45, 7) is 5.22. The first-order valence-corrected chi connectivity index (χ1v) is 7.28. The van der Waals surface area contributed by atoms with E-state index in [0.717, 1.165) is 36.1 Å². The van der Waals surface area contributed by atoms with Crippen LogP contribution in [0.3, 0.4) is 0 Å². The van der Waals surface area contributed by atoms with Gasteiger partial charge in [0.2, 0.25) is 0 Å². The minimum absolute atomic E-state index is 0.0914. The van der Waals surface area contributed by atoms with Gasteiger partial charge < -0.3 is 15.5 Å². The molecule has 0 aliphatic rings. The Kier molecular flexibility index (Phi) is 6.31. The maximum absolute atomic E-state index is 7.50. The maximum atomic E-state index is 7.50. The van der Waals surface area contributed by atoms with Gasteiger partial charge in [-0.25, -0.2) is 0 Å². The number of amidine groups is 1. The molecule has 0 heterocycles. The quantitative estimate of drug-likeness (QED) is 0.598. The Morgan fingerprint density at radius 3 is 2.42 bits per heavy atom. The van der Waals surface area contributed by atoms with E-state index in [1.807, 2.05) is 18.2 Å². The highest BCUT2D eigenvalue weighted by Gasteiger charge is 2.09. The standard InChI is InChI=1S/C14H23BrN4/c1-4-7-19(9-8-18(2)3)11-5-6-12(14(16)17)13(15)10-11/h5-6,10H,4,7-9H2,1-3H3,(H3,16,17). The van der Waals surface area contributed by atoms with Gasteiger partial charge in [-0.1, -0.05) is 6.92 Å². The van der Waals surface area contributed by atoms with Gasteiger partial charge in [-0.15, -0.1) is 0 Å². The Hall–Kier alpha value is -1.07. The summed E-state index contributed by atoms with van der Waals surface area (Å²) in [5.41, 5.74) is 7.44. The van der Waals surface area contributed by atoms with E-state index < -0.39 is 0 Å². The van der Waals surface area contributed by atoms with Gasteiger partial charge in [0.1, 0.15) is 5.84 Å². The lowest BCUT2D eigenvalue weighted by Gasteiger charge is -2.26. The van der Waals surface area contributed by atoms with Crippen LogP contribution in [0.15, 0.2) is 22.7 Å². The fourth-order valence-corrected chi connectivity index (χ4v) is 2.46. The Morgan fingerprint density at radius 2 is 1.95 bits per heavy atom. The van der Waals surface area contributed by atoms with Crippen molar-refractivity contribution in [1.29, 1.82) is 5.41 Å². The lowest BCUT2D eigenvalue weighted by atomic mass is 10.1. The molecule has 19 heavy (non-hydrogen) atoms. The number of hydrogen-bond donors (Lipinski definition) is 2. The highest BCUT2D eigenvalue weighted by molar-refractivity contribution is 9.10. The second-order valence-electron chi connectivity index (χ2n) is 4.87. The molecule has 0 aromatic heterocycles. The highest BCUT2D eigenvalue weighted by atomic mass is 79.9. The van der Waals surface area contributed by atoms with Crippen molar-refractivity contribution in [1.82, 2.24) is 4.90 Å². The summed E-state index contributed by atoms with van der Waals surface area (Å²) in [5, 5.41) is 7.50. The summed E-state index contributed by atoms with van der Waals surface area (Å²) in [7, 11) is 4.16. The van der Waals surface area contributed by atoms with Gasteiger partial charge in [0.05, 0.1) is 0 Å². The van der Waals surface area contributed by atoms with Crippen molar-refractivity contribution in [3.05, 3.63) is 28.2 Å². The van der Waals surface area contributed by atoms with E-state index >= 15 is 0 Å². The highest BCUT2D eigenvalue weighted by Crippen LogP contribution is 2.24. The Morgan fingerprint density at radius 1 is 1.26 bits per heavy atom. The van der Waals surface area contributed by atoms with Gasteiger partial charge in [-0.3, -0.25) is 5.41 Å². The second kappa shape index (κ2) is 7.50. The molecule has 4 nitrogen and oxygen atoms in total. The zero-order valence-electron chi connectivity index (χ0n) is 11.9. The summed E-state index contributed by atoms with van der Waals surface area (Å²) in [4.78, 5) is 4.54. The first kappa shape index (κ1) is 16.0. The van der Waals surface area contributed by atoms with Crippen molar-refractivity contribution in [3.63, 3.8) is 0 Å². The average Bonchev–Trinajstić information content (AvgIpc) is 2.33. The first-order valence-electron chi connectivity index (χ1n) is 6.49. The lowest BCUT2D eigenvalue weighted by molar-refractivity contribution is 0.413. The number of halogens is 1. The predicted octanol–water partition coefficient (Wildman–Crippen LogP) is 2.51. The Labute approximate surface area is 124 Å². The number of anilines is 1. The molecule has 0 aliphatic heterocycles. The number of nitrogen functional groups attached to an aromatic ring is 1. The molecule has 0 atom stereocenters. The van der Waals surface area contributed by atoms with Crippen LogP contribution in [0.5, 0.6) is 0 Å². The summed E-state index contributed by atoms with van der Waals surface area (Å²) >= 11 is 3.49. The van der Waals surface area contributed by atoms with Gasteiger partial charge in [-0.2, -0.15) is 0 Å². The van der Waals surface area contributed by atoms with E-state index in [1.165, 1.54) is 5.69 Å². The number of nitrogens with zero attached hydrogens (tertiary/aromatic N) is 2. The van der Waals surface area contributed by atoms with Gasteiger partial charge in [0.15, 0.2) is 0 Å². The Bertz CT molecular complexity index is 431. The molecule has 0 unspecified atom stereocenters. The summed E-state index contributed by atoms with van der Waals surface area (Å²) in [5.74, 6) is 0.0914. The molecule has 0 aliphatic carbocycles. The minimum Gasteiger partial charge on any atom is -0.384 e.